The minimum Gasteiger partial charge on any atom is -0.357 e. The number of nitrogens with zero attached hydrogens (tertiary/aromatic N) is 6. The predicted octanol–water partition coefficient (Wildman–Crippen LogP) is 1.89. The Morgan fingerprint density at radius 1 is 1.14 bits per heavy atom. The fourth-order valence-electron chi connectivity index (χ4n) is 3.64. The fraction of sp³-hybridized carbons (Fsp3) is 0.429. The lowest BCUT2D eigenvalue weighted by Gasteiger charge is -2.33. The molecule has 0 amide bonds. The SMILES string of the molecule is CCNC(=NCCc1nnc2ccccn12)NC1CCN(c2ccccn2)CC1. The van der Waals surface area contributed by atoms with Gasteiger partial charge < -0.3 is 15.5 Å². The van der Waals surface area contributed by atoms with E-state index in [-0.39, 0.29) is 0 Å². The third kappa shape index (κ3) is 4.82. The van der Waals surface area contributed by atoms with E-state index in [1.807, 2.05) is 47.1 Å². The van der Waals surface area contributed by atoms with E-state index < -0.39 is 0 Å². The van der Waals surface area contributed by atoms with Crippen molar-refractivity contribution in [3.63, 3.8) is 0 Å². The molecule has 0 aliphatic carbocycles. The van der Waals surface area contributed by atoms with Gasteiger partial charge in [-0.25, -0.2) is 4.98 Å². The Hall–Kier alpha value is -3.16. The second-order valence-electron chi connectivity index (χ2n) is 7.15. The predicted molar refractivity (Wildman–Crippen MR) is 115 cm³/mol. The first-order valence-electron chi connectivity index (χ1n) is 10.3. The molecule has 0 saturated carbocycles. The minimum atomic E-state index is 0.418. The van der Waals surface area contributed by atoms with Gasteiger partial charge in [0.05, 0.1) is 0 Å². The van der Waals surface area contributed by atoms with Gasteiger partial charge in [0.1, 0.15) is 11.6 Å². The van der Waals surface area contributed by atoms with Crippen molar-refractivity contribution in [2.45, 2.75) is 32.2 Å². The molecule has 4 rings (SSSR count). The van der Waals surface area contributed by atoms with E-state index in [0.29, 0.717) is 12.6 Å². The summed E-state index contributed by atoms with van der Waals surface area (Å²) in [5.74, 6) is 2.87. The summed E-state index contributed by atoms with van der Waals surface area (Å²) >= 11 is 0. The van der Waals surface area contributed by atoms with Crippen LogP contribution in [0.3, 0.4) is 0 Å². The third-order valence-electron chi connectivity index (χ3n) is 5.14. The van der Waals surface area contributed by atoms with Gasteiger partial charge in [0.15, 0.2) is 11.6 Å². The molecular formula is C21H28N8. The number of rotatable bonds is 6. The van der Waals surface area contributed by atoms with Crippen LogP contribution in [0.15, 0.2) is 53.8 Å². The molecule has 0 unspecified atom stereocenters. The van der Waals surface area contributed by atoms with Crippen LogP contribution in [0.2, 0.25) is 0 Å². The van der Waals surface area contributed by atoms with Gasteiger partial charge >= 0.3 is 0 Å². The molecule has 0 bridgehead atoms. The number of piperidine rings is 1. The zero-order chi connectivity index (χ0) is 19.9. The number of pyridine rings is 2. The average Bonchev–Trinajstić information content (AvgIpc) is 3.18. The Kier molecular flexibility index (Phi) is 6.19. The van der Waals surface area contributed by atoms with Crippen molar-refractivity contribution < 1.29 is 0 Å². The summed E-state index contributed by atoms with van der Waals surface area (Å²) in [5.41, 5.74) is 0.871. The van der Waals surface area contributed by atoms with Crippen LogP contribution >= 0.6 is 0 Å². The maximum atomic E-state index is 4.75. The molecule has 0 atom stereocenters. The van der Waals surface area contributed by atoms with Crippen LogP contribution in [-0.4, -0.2) is 57.8 Å². The summed E-state index contributed by atoms with van der Waals surface area (Å²) in [6, 6.07) is 12.4. The minimum absolute atomic E-state index is 0.418. The lowest BCUT2D eigenvalue weighted by molar-refractivity contribution is 0.459. The fourth-order valence-corrected chi connectivity index (χ4v) is 3.64. The van der Waals surface area contributed by atoms with Crippen molar-refractivity contribution in [3.8, 4) is 0 Å². The Labute approximate surface area is 171 Å². The molecular weight excluding hydrogens is 364 g/mol. The van der Waals surface area contributed by atoms with Gasteiger partial charge in [-0.05, 0) is 44.0 Å². The molecule has 3 aromatic rings. The number of hydrogen-bond acceptors (Lipinski definition) is 5. The van der Waals surface area contributed by atoms with Crippen molar-refractivity contribution in [2.75, 3.05) is 31.1 Å². The highest BCUT2D eigenvalue weighted by Crippen LogP contribution is 2.17. The lowest BCUT2D eigenvalue weighted by atomic mass is 10.1. The summed E-state index contributed by atoms with van der Waals surface area (Å²) in [4.78, 5) is 11.6. The molecule has 0 aromatic carbocycles. The normalized spacial score (nSPS) is 15.6. The van der Waals surface area contributed by atoms with Crippen LogP contribution in [0.1, 0.15) is 25.6 Å². The Bertz CT molecular complexity index is 928. The molecule has 3 aromatic heterocycles. The van der Waals surface area contributed by atoms with Gasteiger partial charge in [-0.2, -0.15) is 0 Å². The molecule has 1 saturated heterocycles. The van der Waals surface area contributed by atoms with E-state index in [0.717, 1.165) is 62.1 Å². The van der Waals surface area contributed by atoms with Crippen LogP contribution in [0.4, 0.5) is 5.82 Å². The summed E-state index contributed by atoms with van der Waals surface area (Å²) in [7, 11) is 0. The van der Waals surface area contributed by atoms with Crippen molar-refractivity contribution in [3.05, 3.63) is 54.6 Å². The second-order valence-corrected chi connectivity index (χ2v) is 7.15. The quantitative estimate of drug-likeness (QED) is 0.492. The molecule has 1 fully saturated rings. The highest BCUT2D eigenvalue weighted by Gasteiger charge is 2.20. The number of fused-ring (bicyclic) bond motifs is 1. The first-order valence-corrected chi connectivity index (χ1v) is 10.3. The molecule has 0 radical (unpaired) electrons. The smallest absolute Gasteiger partial charge is 0.191 e. The highest BCUT2D eigenvalue weighted by molar-refractivity contribution is 5.80. The van der Waals surface area contributed by atoms with E-state index in [9.17, 15) is 0 Å². The Balaban J connectivity index is 1.31. The van der Waals surface area contributed by atoms with E-state index >= 15 is 0 Å². The number of nitrogens with one attached hydrogen (secondary N) is 2. The lowest BCUT2D eigenvalue weighted by Crippen LogP contribution is -2.49. The summed E-state index contributed by atoms with van der Waals surface area (Å²) in [6.45, 7) is 5.59. The van der Waals surface area contributed by atoms with E-state index in [4.69, 9.17) is 4.99 Å². The third-order valence-corrected chi connectivity index (χ3v) is 5.14. The topological polar surface area (TPSA) is 82.7 Å². The van der Waals surface area contributed by atoms with Crippen molar-refractivity contribution in [2.24, 2.45) is 4.99 Å². The highest BCUT2D eigenvalue weighted by atomic mass is 15.3. The molecule has 2 N–H and O–H groups in total. The van der Waals surface area contributed by atoms with Crippen molar-refractivity contribution in [1.82, 2.24) is 30.2 Å². The van der Waals surface area contributed by atoms with Crippen LogP contribution in [-0.2, 0) is 6.42 Å². The van der Waals surface area contributed by atoms with Crippen LogP contribution in [0.5, 0.6) is 0 Å². The molecule has 152 valence electrons. The summed E-state index contributed by atoms with van der Waals surface area (Å²) < 4.78 is 2.02. The van der Waals surface area contributed by atoms with Gasteiger partial charge in [0, 0.05) is 51.0 Å². The van der Waals surface area contributed by atoms with Crippen LogP contribution < -0.4 is 15.5 Å². The number of aromatic nitrogens is 4. The molecule has 4 heterocycles. The van der Waals surface area contributed by atoms with Crippen LogP contribution in [0.25, 0.3) is 5.65 Å². The molecule has 8 nitrogen and oxygen atoms in total. The summed E-state index contributed by atoms with van der Waals surface area (Å²) in [6.07, 6.45) is 6.73. The molecule has 8 heteroatoms. The van der Waals surface area contributed by atoms with Gasteiger partial charge in [0.25, 0.3) is 0 Å². The summed E-state index contributed by atoms with van der Waals surface area (Å²) in [5, 5.41) is 15.4. The van der Waals surface area contributed by atoms with Crippen LogP contribution in [0, 0.1) is 0 Å². The number of hydrogen-bond donors (Lipinski definition) is 2. The Morgan fingerprint density at radius 3 is 2.79 bits per heavy atom. The number of anilines is 1. The van der Waals surface area contributed by atoms with Gasteiger partial charge in [-0.1, -0.05) is 12.1 Å². The molecule has 29 heavy (non-hydrogen) atoms. The first-order chi connectivity index (χ1) is 14.3. The maximum Gasteiger partial charge on any atom is 0.191 e. The van der Waals surface area contributed by atoms with Crippen molar-refractivity contribution >= 4 is 17.4 Å². The molecule has 1 aliphatic rings. The zero-order valence-corrected chi connectivity index (χ0v) is 16.8. The first kappa shape index (κ1) is 19.2. The second kappa shape index (κ2) is 9.36. The number of guanidine groups is 1. The van der Waals surface area contributed by atoms with E-state index in [1.165, 1.54) is 0 Å². The average molecular weight is 393 g/mol. The number of aliphatic imine (C=N–C) groups is 1. The van der Waals surface area contributed by atoms with Gasteiger partial charge in [-0.15, -0.1) is 10.2 Å². The standard InChI is InChI=1S/C21H28N8/c1-2-22-21(24-13-9-20-27-26-19-8-4-6-14-29(19)20)25-17-10-15-28(16-11-17)18-7-3-5-12-23-18/h3-8,12,14,17H,2,9-11,13,15-16H2,1H3,(H2,22,24,25). The van der Waals surface area contributed by atoms with E-state index in [2.05, 4.69) is 43.7 Å². The largest absolute Gasteiger partial charge is 0.357 e. The zero-order valence-electron chi connectivity index (χ0n) is 16.8. The van der Waals surface area contributed by atoms with Gasteiger partial charge in [-0.3, -0.25) is 9.39 Å². The maximum absolute atomic E-state index is 4.75. The Morgan fingerprint density at radius 2 is 2.00 bits per heavy atom. The monoisotopic (exact) mass is 392 g/mol. The van der Waals surface area contributed by atoms with Gasteiger partial charge in [0.2, 0.25) is 0 Å². The molecule has 1 aliphatic heterocycles. The van der Waals surface area contributed by atoms with Crippen molar-refractivity contribution in [1.29, 1.82) is 0 Å². The molecule has 0 spiro atoms. The van der Waals surface area contributed by atoms with E-state index in [1.54, 1.807) is 0 Å².